The summed E-state index contributed by atoms with van der Waals surface area (Å²) in [5.41, 5.74) is 3.10. The molecule has 1 fully saturated rings. The Balaban J connectivity index is 1.40. The lowest BCUT2D eigenvalue weighted by atomic mass is 9.95. The Bertz CT molecular complexity index is 1040. The van der Waals surface area contributed by atoms with Crippen molar-refractivity contribution in [2.24, 2.45) is 5.92 Å². The van der Waals surface area contributed by atoms with Crippen LogP contribution in [-0.2, 0) is 22.4 Å². The second-order valence-electron chi connectivity index (χ2n) is 8.03. The van der Waals surface area contributed by atoms with E-state index in [1.165, 1.54) is 5.56 Å². The molecule has 1 unspecified atom stereocenters. The Hall–Kier alpha value is -3.14. The van der Waals surface area contributed by atoms with E-state index in [-0.39, 0.29) is 17.7 Å². The number of piperidine rings is 1. The highest BCUT2D eigenvalue weighted by Crippen LogP contribution is 2.23. The third-order valence-electron chi connectivity index (χ3n) is 6.00. The van der Waals surface area contributed by atoms with Crippen LogP contribution in [0.3, 0.4) is 0 Å². The number of benzene rings is 3. The number of aryl methyl sites for hydroxylation is 1. The highest BCUT2D eigenvalue weighted by atomic mass is 16.2. The number of nitrogens with one attached hydrogen (secondary N) is 1. The Morgan fingerprint density at radius 1 is 1.00 bits per heavy atom. The van der Waals surface area contributed by atoms with Gasteiger partial charge in [0.15, 0.2) is 0 Å². The molecule has 0 radical (unpaired) electrons. The van der Waals surface area contributed by atoms with Crippen LogP contribution in [-0.4, -0.2) is 29.8 Å². The van der Waals surface area contributed by atoms with Gasteiger partial charge in [-0.05, 0) is 53.3 Å². The van der Waals surface area contributed by atoms with Gasteiger partial charge in [0.25, 0.3) is 0 Å². The molecule has 1 N–H and O–H groups in total. The van der Waals surface area contributed by atoms with Gasteiger partial charge in [-0.3, -0.25) is 9.59 Å². The molecule has 3 aromatic carbocycles. The lowest BCUT2D eigenvalue weighted by Gasteiger charge is -2.32. The largest absolute Gasteiger partial charge is 0.342 e. The van der Waals surface area contributed by atoms with Crippen molar-refractivity contribution in [3.8, 4) is 0 Å². The maximum Gasteiger partial charge on any atom is 0.229 e. The van der Waals surface area contributed by atoms with E-state index in [4.69, 9.17) is 0 Å². The summed E-state index contributed by atoms with van der Waals surface area (Å²) >= 11 is 0. The van der Waals surface area contributed by atoms with Crippen molar-refractivity contribution in [3.63, 3.8) is 0 Å². The summed E-state index contributed by atoms with van der Waals surface area (Å²) in [5.74, 6) is -0.0702. The van der Waals surface area contributed by atoms with Crippen molar-refractivity contribution in [2.45, 2.75) is 32.6 Å². The van der Waals surface area contributed by atoms with Gasteiger partial charge >= 0.3 is 0 Å². The van der Waals surface area contributed by atoms with Crippen LogP contribution in [0.4, 0.5) is 5.69 Å². The monoisotopic (exact) mass is 400 g/mol. The Kier molecular flexibility index (Phi) is 6.12. The topological polar surface area (TPSA) is 49.4 Å². The zero-order valence-corrected chi connectivity index (χ0v) is 17.4. The molecule has 4 rings (SSSR count). The summed E-state index contributed by atoms with van der Waals surface area (Å²) in [6.07, 6.45) is 3.02. The van der Waals surface area contributed by atoms with E-state index in [2.05, 4.69) is 30.4 Å². The molecular weight excluding hydrogens is 372 g/mol. The first-order valence-electron chi connectivity index (χ1n) is 10.8. The summed E-state index contributed by atoms with van der Waals surface area (Å²) in [6.45, 7) is 3.32. The highest BCUT2D eigenvalue weighted by molar-refractivity contribution is 5.94. The van der Waals surface area contributed by atoms with Crippen molar-refractivity contribution in [1.29, 1.82) is 0 Å². The van der Waals surface area contributed by atoms with E-state index >= 15 is 0 Å². The van der Waals surface area contributed by atoms with E-state index in [9.17, 15) is 9.59 Å². The smallest absolute Gasteiger partial charge is 0.229 e. The number of likely N-dealkylation sites (tertiary alicyclic amines) is 1. The molecule has 4 nitrogen and oxygen atoms in total. The van der Waals surface area contributed by atoms with Crippen LogP contribution in [0.5, 0.6) is 0 Å². The number of rotatable bonds is 5. The lowest BCUT2D eigenvalue weighted by molar-refractivity contribution is -0.133. The van der Waals surface area contributed by atoms with E-state index < -0.39 is 0 Å². The van der Waals surface area contributed by atoms with E-state index in [0.29, 0.717) is 13.0 Å². The SMILES string of the molecule is CCc1ccc(NC(=O)C2CCCN(C(=O)Cc3cccc4ccccc34)C2)cc1. The number of nitrogens with zero attached hydrogens (tertiary/aromatic N) is 1. The first-order valence-corrected chi connectivity index (χ1v) is 10.8. The standard InChI is InChI=1S/C26H28N2O2/c1-2-19-12-14-23(15-13-19)27-26(30)22-10-6-16-28(18-22)25(29)17-21-9-5-8-20-7-3-4-11-24(20)21/h3-5,7-9,11-15,22H,2,6,10,16-18H2,1H3,(H,27,30). The molecule has 1 heterocycles. The maximum atomic E-state index is 13.0. The van der Waals surface area contributed by atoms with Crippen LogP contribution in [0.1, 0.15) is 30.9 Å². The van der Waals surface area contributed by atoms with Gasteiger partial charge in [-0.25, -0.2) is 0 Å². The molecule has 3 aromatic rings. The second-order valence-corrected chi connectivity index (χ2v) is 8.03. The zero-order valence-electron chi connectivity index (χ0n) is 17.4. The second kappa shape index (κ2) is 9.12. The van der Waals surface area contributed by atoms with Gasteiger partial charge in [-0.1, -0.05) is 61.5 Å². The first kappa shape index (κ1) is 20.1. The van der Waals surface area contributed by atoms with Crippen molar-refractivity contribution in [3.05, 3.63) is 77.9 Å². The molecule has 1 aliphatic rings. The minimum atomic E-state index is -0.166. The minimum absolute atomic E-state index is 0.00177. The molecule has 0 aliphatic carbocycles. The lowest BCUT2D eigenvalue weighted by Crippen LogP contribution is -2.44. The third kappa shape index (κ3) is 4.54. The zero-order chi connectivity index (χ0) is 20.9. The third-order valence-corrected chi connectivity index (χ3v) is 6.00. The number of carbonyl (C=O) groups is 2. The molecule has 1 saturated heterocycles. The molecule has 0 aromatic heterocycles. The maximum absolute atomic E-state index is 13.0. The number of fused-ring (bicyclic) bond motifs is 1. The molecule has 154 valence electrons. The number of amides is 2. The van der Waals surface area contributed by atoms with Crippen LogP contribution >= 0.6 is 0 Å². The van der Waals surface area contributed by atoms with Gasteiger partial charge in [0.05, 0.1) is 12.3 Å². The van der Waals surface area contributed by atoms with E-state index in [0.717, 1.165) is 47.8 Å². The summed E-state index contributed by atoms with van der Waals surface area (Å²) in [6, 6.07) is 22.2. The normalized spacial score (nSPS) is 16.4. The summed E-state index contributed by atoms with van der Waals surface area (Å²) in [5, 5.41) is 5.29. The number of hydrogen-bond donors (Lipinski definition) is 1. The van der Waals surface area contributed by atoms with Crippen molar-refractivity contribution in [1.82, 2.24) is 4.90 Å². The van der Waals surface area contributed by atoms with Gasteiger partial charge in [-0.15, -0.1) is 0 Å². The summed E-state index contributed by atoms with van der Waals surface area (Å²) in [4.78, 5) is 27.6. The molecule has 1 aliphatic heterocycles. The predicted molar refractivity (Wildman–Crippen MR) is 121 cm³/mol. The molecular formula is C26H28N2O2. The van der Waals surface area contributed by atoms with Crippen LogP contribution in [0, 0.1) is 5.92 Å². The van der Waals surface area contributed by atoms with Crippen molar-refractivity contribution < 1.29 is 9.59 Å². The molecule has 2 amide bonds. The fraction of sp³-hybridized carbons (Fsp3) is 0.308. The molecule has 0 spiro atoms. The average Bonchev–Trinajstić information content (AvgIpc) is 2.80. The summed E-state index contributed by atoms with van der Waals surface area (Å²) in [7, 11) is 0. The average molecular weight is 401 g/mol. The highest BCUT2D eigenvalue weighted by Gasteiger charge is 2.28. The molecule has 0 saturated carbocycles. The number of carbonyl (C=O) groups excluding carboxylic acids is 2. The fourth-order valence-electron chi connectivity index (χ4n) is 4.21. The van der Waals surface area contributed by atoms with Gasteiger partial charge in [0.1, 0.15) is 0 Å². The number of anilines is 1. The molecule has 1 atom stereocenters. The number of hydrogen-bond acceptors (Lipinski definition) is 2. The van der Waals surface area contributed by atoms with E-state index in [1.54, 1.807) is 0 Å². The van der Waals surface area contributed by atoms with Gasteiger partial charge in [-0.2, -0.15) is 0 Å². The molecule has 4 heteroatoms. The predicted octanol–water partition coefficient (Wildman–Crippen LogP) is 4.82. The van der Waals surface area contributed by atoms with E-state index in [1.807, 2.05) is 53.4 Å². The minimum Gasteiger partial charge on any atom is -0.342 e. The van der Waals surface area contributed by atoms with Crippen LogP contribution in [0.25, 0.3) is 10.8 Å². The van der Waals surface area contributed by atoms with Crippen LogP contribution in [0.2, 0.25) is 0 Å². The Morgan fingerprint density at radius 3 is 2.57 bits per heavy atom. The quantitative estimate of drug-likeness (QED) is 0.667. The fourth-order valence-corrected chi connectivity index (χ4v) is 4.21. The van der Waals surface area contributed by atoms with Gasteiger partial charge in [0, 0.05) is 18.8 Å². The van der Waals surface area contributed by atoms with Gasteiger partial charge < -0.3 is 10.2 Å². The van der Waals surface area contributed by atoms with Gasteiger partial charge in [0.2, 0.25) is 11.8 Å². The first-order chi connectivity index (χ1) is 14.6. The van der Waals surface area contributed by atoms with Crippen LogP contribution < -0.4 is 5.32 Å². The Labute approximate surface area is 177 Å². The van der Waals surface area contributed by atoms with Crippen LogP contribution in [0.15, 0.2) is 66.7 Å². The van der Waals surface area contributed by atoms with Crippen molar-refractivity contribution >= 4 is 28.3 Å². The summed E-state index contributed by atoms with van der Waals surface area (Å²) < 4.78 is 0. The van der Waals surface area contributed by atoms with Crippen molar-refractivity contribution in [2.75, 3.05) is 18.4 Å². The Morgan fingerprint density at radius 2 is 1.77 bits per heavy atom. The molecule has 30 heavy (non-hydrogen) atoms. The molecule has 0 bridgehead atoms.